The van der Waals surface area contributed by atoms with Gasteiger partial charge in [0.25, 0.3) is 0 Å². The number of ether oxygens (including phenoxy) is 3. The summed E-state index contributed by atoms with van der Waals surface area (Å²) in [5, 5.41) is 3.95. The topological polar surface area (TPSA) is 77.3 Å². The first kappa shape index (κ1) is 25.3. The molecule has 0 unspecified atom stereocenters. The van der Waals surface area contributed by atoms with Gasteiger partial charge in [0.15, 0.2) is 11.5 Å². The van der Waals surface area contributed by atoms with Gasteiger partial charge in [0.05, 0.1) is 25.5 Å². The third-order valence-corrected chi connectivity index (χ3v) is 6.41. The van der Waals surface area contributed by atoms with E-state index in [-0.39, 0.29) is 5.91 Å². The van der Waals surface area contributed by atoms with Crippen molar-refractivity contribution in [2.45, 2.75) is 27.0 Å². The van der Waals surface area contributed by atoms with Crippen LogP contribution in [0.25, 0.3) is 6.08 Å². The van der Waals surface area contributed by atoms with Gasteiger partial charge in [-0.25, -0.2) is 0 Å². The quantitative estimate of drug-likeness (QED) is 0.414. The molecule has 0 atom stereocenters. The highest BCUT2D eigenvalue weighted by Crippen LogP contribution is 2.30. The number of nitrogens with zero attached hydrogens (tertiary/aromatic N) is 3. The van der Waals surface area contributed by atoms with Crippen LogP contribution in [0.1, 0.15) is 28.1 Å². The van der Waals surface area contributed by atoms with Gasteiger partial charge in [-0.3, -0.25) is 9.69 Å². The molecule has 8 heteroatoms. The number of rotatable bonds is 9. The zero-order valence-corrected chi connectivity index (χ0v) is 21.3. The first-order valence-electron chi connectivity index (χ1n) is 12.0. The Bertz CT molecular complexity index is 1170. The number of amides is 1. The number of piperazine rings is 1. The maximum absolute atomic E-state index is 12.8. The van der Waals surface area contributed by atoms with Crippen molar-refractivity contribution in [2.75, 3.05) is 40.4 Å². The lowest BCUT2D eigenvalue weighted by atomic mass is 10.1. The molecule has 0 radical (unpaired) electrons. The molecule has 1 aromatic heterocycles. The lowest BCUT2D eigenvalue weighted by Crippen LogP contribution is -2.47. The van der Waals surface area contributed by atoms with Gasteiger partial charge in [-0.2, -0.15) is 0 Å². The van der Waals surface area contributed by atoms with Crippen LogP contribution in [0, 0.1) is 13.8 Å². The van der Waals surface area contributed by atoms with E-state index in [2.05, 4.69) is 22.2 Å². The molecular weight excluding hydrogens is 458 g/mol. The van der Waals surface area contributed by atoms with Gasteiger partial charge in [0.1, 0.15) is 18.1 Å². The van der Waals surface area contributed by atoms with Crippen molar-refractivity contribution in [2.24, 2.45) is 0 Å². The van der Waals surface area contributed by atoms with Crippen molar-refractivity contribution >= 4 is 12.0 Å². The fraction of sp³-hybridized carbons (Fsp3) is 0.357. The molecule has 190 valence electrons. The summed E-state index contributed by atoms with van der Waals surface area (Å²) in [6.45, 7) is 8.06. The van der Waals surface area contributed by atoms with E-state index >= 15 is 0 Å². The van der Waals surface area contributed by atoms with Crippen LogP contribution in [-0.4, -0.2) is 61.3 Å². The first-order chi connectivity index (χ1) is 17.5. The van der Waals surface area contributed by atoms with Crippen LogP contribution in [0.5, 0.6) is 17.2 Å². The minimum Gasteiger partial charge on any atom is -0.497 e. The Morgan fingerprint density at radius 3 is 2.39 bits per heavy atom. The normalized spacial score (nSPS) is 14.3. The van der Waals surface area contributed by atoms with Gasteiger partial charge in [-0.1, -0.05) is 23.4 Å². The van der Waals surface area contributed by atoms with Crippen molar-refractivity contribution in [1.29, 1.82) is 0 Å². The molecule has 0 bridgehead atoms. The van der Waals surface area contributed by atoms with Crippen molar-refractivity contribution in [3.05, 3.63) is 76.7 Å². The Morgan fingerprint density at radius 1 is 1.00 bits per heavy atom. The van der Waals surface area contributed by atoms with E-state index < -0.39 is 0 Å². The summed E-state index contributed by atoms with van der Waals surface area (Å²) in [5.41, 5.74) is 3.84. The van der Waals surface area contributed by atoms with Gasteiger partial charge >= 0.3 is 0 Å². The summed E-state index contributed by atoms with van der Waals surface area (Å²) in [6.07, 6.45) is 3.44. The molecule has 36 heavy (non-hydrogen) atoms. The number of methoxy groups -OCH3 is 2. The zero-order valence-electron chi connectivity index (χ0n) is 21.3. The van der Waals surface area contributed by atoms with Crippen LogP contribution in [0.2, 0.25) is 0 Å². The third kappa shape index (κ3) is 6.26. The number of hydrogen-bond acceptors (Lipinski definition) is 7. The van der Waals surface area contributed by atoms with E-state index in [0.29, 0.717) is 31.2 Å². The molecule has 0 aliphatic carbocycles. The lowest BCUT2D eigenvalue weighted by Gasteiger charge is -2.34. The van der Waals surface area contributed by atoms with Gasteiger partial charge in [-0.05, 0) is 55.3 Å². The molecule has 1 saturated heterocycles. The molecule has 8 nitrogen and oxygen atoms in total. The number of benzene rings is 2. The number of aromatic nitrogens is 1. The molecule has 3 aromatic rings. The highest BCUT2D eigenvalue weighted by molar-refractivity contribution is 5.92. The van der Waals surface area contributed by atoms with Crippen molar-refractivity contribution < 1.29 is 23.5 Å². The predicted octanol–water partition coefficient (Wildman–Crippen LogP) is 4.25. The predicted molar refractivity (Wildman–Crippen MR) is 137 cm³/mol. The Balaban J connectivity index is 1.29. The van der Waals surface area contributed by atoms with Gasteiger partial charge in [0, 0.05) is 38.8 Å². The van der Waals surface area contributed by atoms with Crippen LogP contribution in [0.15, 0.2) is 53.1 Å². The molecule has 0 saturated carbocycles. The average Bonchev–Trinajstić information content (AvgIpc) is 3.23. The molecule has 1 aliphatic rings. The first-order valence-corrected chi connectivity index (χ1v) is 12.0. The Hall–Kier alpha value is -3.78. The Morgan fingerprint density at radius 2 is 1.75 bits per heavy atom. The second kappa shape index (κ2) is 11.8. The zero-order chi connectivity index (χ0) is 25.5. The van der Waals surface area contributed by atoms with Gasteiger partial charge in [-0.15, -0.1) is 0 Å². The molecular formula is C28H33N3O5. The molecule has 1 fully saturated rings. The van der Waals surface area contributed by atoms with E-state index in [0.717, 1.165) is 48.0 Å². The Kier molecular flexibility index (Phi) is 8.28. The molecule has 2 aromatic carbocycles. The Labute approximate surface area is 212 Å². The fourth-order valence-corrected chi connectivity index (χ4v) is 4.15. The second-order valence-corrected chi connectivity index (χ2v) is 8.78. The van der Waals surface area contributed by atoms with Crippen LogP contribution in [0.3, 0.4) is 0 Å². The minimum atomic E-state index is 0.0109. The van der Waals surface area contributed by atoms with E-state index in [9.17, 15) is 4.79 Å². The number of carbonyl (C=O) groups is 1. The summed E-state index contributed by atoms with van der Waals surface area (Å²) in [5.74, 6) is 2.83. The second-order valence-electron chi connectivity index (χ2n) is 8.78. The summed E-state index contributed by atoms with van der Waals surface area (Å²) in [7, 11) is 3.27. The molecule has 2 heterocycles. The van der Waals surface area contributed by atoms with Crippen LogP contribution < -0.4 is 14.2 Å². The highest BCUT2D eigenvalue weighted by Gasteiger charge is 2.20. The minimum absolute atomic E-state index is 0.0109. The average molecular weight is 492 g/mol. The molecule has 4 rings (SSSR count). The summed E-state index contributed by atoms with van der Waals surface area (Å²) in [6, 6.07) is 13.7. The number of aryl methyl sites for hydroxylation is 2. The van der Waals surface area contributed by atoms with E-state index in [1.807, 2.05) is 55.2 Å². The van der Waals surface area contributed by atoms with E-state index in [1.165, 1.54) is 5.56 Å². The summed E-state index contributed by atoms with van der Waals surface area (Å²) in [4.78, 5) is 17.0. The SMILES string of the molecule is COc1ccc(CN2CCN(C(=O)C=Cc3ccc(OCc4c(C)noc4C)c(OC)c3)CC2)cc1. The molecule has 1 aliphatic heterocycles. The molecule has 0 spiro atoms. The van der Waals surface area contributed by atoms with Crippen LogP contribution in [-0.2, 0) is 17.9 Å². The number of hydrogen-bond donors (Lipinski definition) is 0. The lowest BCUT2D eigenvalue weighted by molar-refractivity contribution is -0.127. The molecule has 0 N–H and O–H groups in total. The van der Waals surface area contributed by atoms with Crippen molar-refractivity contribution in [3.63, 3.8) is 0 Å². The number of carbonyl (C=O) groups excluding carboxylic acids is 1. The summed E-state index contributed by atoms with van der Waals surface area (Å²) < 4.78 is 21.9. The maximum Gasteiger partial charge on any atom is 0.246 e. The maximum atomic E-state index is 12.8. The van der Waals surface area contributed by atoms with Crippen molar-refractivity contribution in [3.8, 4) is 17.2 Å². The monoisotopic (exact) mass is 491 g/mol. The van der Waals surface area contributed by atoms with Crippen LogP contribution in [0.4, 0.5) is 0 Å². The van der Waals surface area contributed by atoms with Crippen LogP contribution >= 0.6 is 0 Å². The van der Waals surface area contributed by atoms with Gasteiger partial charge in [0.2, 0.25) is 5.91 Å². The molecule has 1 amide bonds. The standard InChI is InChI=1S/C28H33N3O5/c1-20-25(21(2)36-29-20)19-35-26-11-7-22(17-27(26)34-4)8-12-28(32)31-15-13-30(14-16-31)18-23-5-9-24(33-3)10-6-23/h5-12,17H,13-16,18-19H2,1-4H3. The highest BCUT2D eigenvalue weighted by atomic mass is 16.5. The fourth-order valence-electron chi connectivity index (χ4n) is 4.15. The van der Waals surface area contributed by atoms with E-state index in [4.69, 9.17) is 18.7 Å². The largest absolute Gasteiger partial charge is 0.497 e. The van der Waals surface area contributed by atoms with E-state index in [1.54, 1.807) is 20.3 Å². The van der Waals surface area contributed by atoms with Crippen molar-refractivity contribution in [1.82, 2.24) is 15.0 Å². The third-order valence-electron chi connectivity index (χ3n) is 6.41. The van der Waals surface area contributed by atoms with Gasteiger partial charge < -0.3 is 23.6 Å². The smallest absolute Gasteiger partial charge is 0.246 e. The summed E-state index contributed by atoms with van der Waals surface area (Å²) >= 11 is 0.